The van der Waals surface area contributed by atoms with Gasteiger partial charge >= 0.3 is 6.03 Å². The predicted octanol–water partition coefficient (Wildman–Crippen LogP) is 1.59. The van der Waals surface area contributed by atoms with Crippen molar-refractivity contribution in [2.75, 3.05) is 13.1 Å². The van der Waals surface area contributed by atoms with Gasteiger partial charge in [-0.15, -0.1) is 0 Å². The Morgan fingerprint density at radius 3 is 2.50 bits per heavy atom. The van der Waals surface area contributed by atoms with Gasteiger partial charge in [-0.25, -0.2) is 14.6 Å². The molecule has 18 heavy (non-hydrogen) atoms. The Morgan fingerprint density at radius 1 is 1.22 bits per heavy atom. The van der Waals surface area contributed by atoms with E-state index in [-0.39, 0.29) is 5.91 Å². The highest BCUT2D eigenvalue weighted by Crippen LogP contribution is 2.05. The number of isocyanates is 1. The monoisotopic (exact) mass is 255 g/mol. The lowest BCUT2D eigenvalue weighted by molar-refractivity contribution is -0.128. The summed E-state index contributed by atoms with van der Waals surface area (Å²) in [5, 5.41) is 0. The Morgan fingerprint density at radius 2 is 1.94 bits per heavy atom. The van der Waals surface area contributed by atoms with Gasteiger partial charge in [0.05, 0.1) is 6.54 Å². The standard InChI is InChI=1S/C12H21N3O3/c1-2-3-9-15(12(13)18)11(17)7-5-4-6-8-14-10-16/h2-9H2,1H3,(H2,13,18). The van der Waals surface area contributed by atoms with Gasteiger partial charge in [0.2, 0.25) is 12.0 Å². The third-order valence-corrected chi connectivity index (χ3v) is 2.53. The van der Waals surface area contributed by atoms with Crippen molar-refractivity contribution >= 4 is 18.0 Å². The average Bonchev–Trinajstić information content (AvgIpc) is 2.33. The van der Waals surface area contributed by atoms with Crippen LogP contribution in [0.3, 0.4) is 0 Å². The van der Waals surface area contributed by atoms with Gasteiger partial charge in [0, 0.05) is 13.0 Å². The molecule has 6 nitrogen and oxygen atoms in total. The number of aliphatic imine (C=N–C) groups is 1. The SMILES string of the molecule is CCCCN(C(N)=O)C(=O)CCCCCN=C=O. The first-order valence-electron chi connectivity index (χ1n) is 6.26. The number of unbranched alkanes of at least 4 members (excludes halogenated alkanes) is 3. The fourth-order valence-corrected chi connectivity index (χ4v) is 1.50. The van der Waals surface area contributed by atoms with Crippen molar-refractivity contribution in [2.45, 2.75) is 45.4 Å². The highest BCUT2D eigenvalue weighted by atomic mass is 16.2. The number of imide groups is 1. The predicted molar refractivity (Wildman–Crippen MR) is 67.7 cm³/mol. The minimum absolute atomic E-state index is 0.227. The van der Waals surface area contributed by atoms with Gasteiger partial charge in [-0.3, -0.25) is 9.69 Å². The number of primary amides is 1. The Kier molecular flexibility index (Phi) is 9.50. The zero-order valence-electron chi connectivity index (χ0n) is 10.9. The number of hydrogen-bond donors (Lipinski definition) is 1. The van der Waals surface area contributed by atoms with Crippen LogP contribution in [0.2, 0.25) is 0 Å². The molecule has 0 radical (unpaired) electrons. The van der Waals surface area contributed by atoms with E-state index >= 15 is 0 Å². The van der Waals surface area contributed by atoms with Crippen molar-refractivity contribution in [3.05, 3.63) is 0 Å². The van der Waals surface area contributed by atoms with E-state index in [2.05, 4.69) is 4.99 Å². The molecule has 2 N–H and O–H groups in total. The van der Waals surface area contributed by atoms with Crippen LogP contribution >= 0.6 is 0 Å². The summed E-state index contributed by atoms with van der Waals surface area (Å²) in [5.74, 6) is -0.227. The van der Waals surface area contributed by atoms with Crippen molar-refractivity contribution in [2.24, 2.45) is 10.7 Å². The maximum Gasteiger partial charge on any atom is 0.321 e. The molecule has 0 aromatic rings. The summed E-state index contributed by atoms with van der Waals surface area (Å²) in [6, 6.07) is -0.681. The van der Waals surface area contributed by atoms with Crippen LogP contribution in [-0.4, -0.2) is 36.0 Å². The van der Waals surface area contributed by atoms with Crippen molar-refractivity contribution in [1.29, 1.82) is 0 Å². The Labute approximate surface area is 107 Å². The Bertz CT molecular complexity index is 312. The molecule has 0 rings (SSSR count). The molecular formula is C12H21N3O3. The second-order valence-corrected chi connectivity index (χ2v) is 4.02. The molecule has 0 atom stereocenters. The summed E-state index contributed by atoms with van der Waals surface area (Å²) < 4.78 is 0. The minimum atomic E-state index is -0.681. The normalized spacial score (nSPS) is 9.61. The van der Waals surface area contributed by atoms with Crippen LogP contribution in [0.4, 0.5) is 4.79 Å². The van der Waals surface area contributed by atoms with Crippen LogP contribution in [0.15, 0.2) is 4.99 Å². The second-order valence-electron chi connectivity index (χ2n) is 4.02. The first-order chi connectivity index (χ1) is 8.63. The zero-order chi connectivity index (χ0) is 13.8. The lowest BCUT2D eigenvalue weighted by Crippen LogP contribution is -2.41. The first-order valence-corrected chi connectivity index (χ1v) is 6.26. The number of nitrogens with two attached hydrogens (primary N) is 1. The highest BCUT2D eigenvalue weighted by molar-refractivity contribution is 5.93. The molecule has 0 aromatic carbocycles. The Hall–Kier alpha value is -1.68. The van der Waals surface area contributed by atoms with Crippen LogP contribution < -0.4 is 5.73 Å². The van der Waals surface area contributed by atoms with E-state index in [4.69, 9.17) is 5.73 Å². The number of amides is 3. The summed E-state index contributed by atoms with van der Waals surface area (Å²) in [6.45, 7) is 2.81. The minimum Gasteiger partial charge on any atom is -0.351 e. The maximum absolute atomic E-state index is 11.7. The van der Waals surface area contributed by atoms with Gasteiger partial charge in [0.1, 0.15) is 0 Å². The first kappa shape index (κ1) is 16.3. The molecule has 0 spiro atoms. The largest absolute Gasteiger partial charge is 0.351 e. The molecule has 0 heterocycles. The van der Waals surface area contributed by atoms with Gasteiger partial charge in [-0.05, 0) is 19.3 Å². The van der Waals surface area contributed by atoms with Gasteiger partial charge in [0.25, 0.3) is 0 Å². The second kappa shape index (κ2) is 10.5. The summed E-state index contributed by atoms with van der Waals surface area (Å²) in [4.78, 5) is 37.1. The molecule has 6 heteroatoms. The lowest BCUT2D eigenvalue weighted by Gasteiger charge is -2.17. The molecule has 0 bridgehead atoms. The molecule has 0 saturated heterocycles. The molecule has 102 valence electrons. The number of rotatable bonds is 9. The summed E-state index contributed by atoms with van der Waals surface area (Å²) in [6.07, 6.45) is 5.64. The third kappa shape index (κ3) is 7.57. The number of hydrogen-bond acceptors (Lipinski definition) is 4. The van der Waals surface area contributed by atoms with E-state index in [1.807, 2.05) is 6.92 Å². The molecular weight excluding hydrogens is 234 g/mol. The number of carbonyl (C=O) groups is 2. The Balaban J connectivity index is 3.88. The molecule has 0 aliphatic carbocycles. The van der Waals surface area contributed by atoms with E-state index in [0.717, 1.165) is 30.6 Å². The van der Waals surface area contributed by atoms with Crippen LogP contribution in [0.5, 0.6) is 0 Å². The smallest absolute Gasteiger partial charge is 0.321 e. The molecule has 0 aliphatic rings. The fourth-order valence-electron chi connectivity index (χ4n) is 1.50. The summed E-state index contributed by atoms with van der Waals surface area (Å²) in [7, 11) is 0. The van der Waals surface area contributed by atoms with E-state index < -0.39 is 6.03 Å². The number of carbonyl (C=O) groups excluding carboxylic acids is 3. The van der Waals surface area contributed by atoms with Crippen molar-refractivity contribution in [3.63, 3.8) is 0 Å². The fraction of sp³-hybridized carbons (Fsp3) is 0.750. The van der Waals surface area contributed by atoms with Crippen LogP contribution in [0.1, 0.15) is 45.4 Å². The molecule has 0 aromatic heterocycles. The van der Waals surface area contributed by atoms with Crippen LogP contribution in [0, 0.1) is 0 Å². The third-order valence-electron chi connectivity index (χ3n) is 2.53. The van der Waals surface area contributed by atoms with Crippen LogP contribution in [0.25, 0.3) is 0 Å². The van der Waals surface area contributed by atoms with E-state index in [9.17, 15) is 14.4 Å². The topological polar surface area (TPSA) is 92.8 Å². The maximum atomic E-state index is 11.7. The lowest BCUT2D eigenvalue weighted by atomic mass is 10.1. The molecule has 0 saturated carbocycles. The van der Waals surface area contributed by atoms with Crippen molar-refractivity contribution < 1.29 is 14.4 Å². The van der Waals surface area contributed by atoms with E-state index in [1.54, 1.807) is 0 Å². The summed E-state index contributed by atoms with van der Waals surface area (Å²) >= 11 is 0. The summed E-state index contributed by atoms with van der Waals surface area (Å²) in [5.41, 5.74) is 5.16. The molecule has 0 fully saturated rings. The number of nitrogens with zero attached hydrogens (tertiary/aromatic N) is 2. The molecule has 3 amide bonds. The van der Waals surface area contributed by atoms with Gasteiger partial charge < -0.3 is 5.73 Å². The quantitative estimate of drug-likeness (QED) is 0.385. The zero-order valence-corrected chi connectivity index (χ0v) is 10.9. The van der Waals surface area contributed by atoms with E-state index in [0.29, 0.717) is 25.9 Å². The van der Waals surface area contributed by atoms with Crippen molar-refractivity contribution in [3.8, 4) is 0 Å². The van der Waals surface area contributed by atoms with Gasteiger partial charge in [-0.2, -0.15) is 0 Å². The van der Waals surface area contributed by atoms with Gasteiger partial charge in [-0.1, -0.05) is 19.8 Å². The average molecular weight is 255 g/mol. The number of urea groups is 1. The van der Waals surface area contributed by atoms with E-state index in [1.165, 1.54) is 6.08 Å². The molecule has 0 unspecified atom stereocenters. The molecule has 0 aliphatic heterocycles. The highest BCUT2D eigenvalue weighted by Gasteiger charge is 2.17. The van der Waals surface area contributed by atoms with Crippen LogP contribution in [-0.2, 0) is 9.59 Å². The van der Waals surface area contributed by atoms with Crippen molar-refractivity contribution in [1.82, 2.24) is 4.90 Å². The van der Waals surface area contributed by atoms with Gasteiger partial charge in [0.15, 0.2) is 0 Å².